The Morgan fingerprint density at radius 2 is 2.20 bits per heavy atom. The summed E-state index contributed by atoms with van der Waals surface area (Å²) in [7, 11) is 4.05. The highest BCUT2D eigenvalue weighted by molar-refractivity contribution is 6.99. The topological polar surface area (TPSA) is 67.4 Å². The van der Waals surface area contributed by atoms with E-state index in [9.17, 15) is 9.18 Å². The van der Waals surface area contributed by atoms with Crippen molar-refractivity contribution in [2.45, 2.75) is 25.8 Å². The van der Waals surface area contributed by atoms with Crippen molar-refractivity contribution >= 4 is 17.6 Å². The fourth-order valence-corrected chi connectivity index (χ4v) is 2.84. The summed E-state index contributed by atoms with van der Waals surface area (Å²) in [5.41, 5.74) is 1.01. The lowest BCUT2D eigenvalue weighted by atomic mass is 10.1. The van der Waals surface area contributed by atoms with Crippen molar-refractivity contribution in [3.8, 4) is 17.1 Å². The Bertz CT molecular complexity index is 693. The lowest BCUT2D eigenvalue weighted by molar-refractivity contribution is -0.123. The van der Waals surface area contributed by atoms with Crippen molar-refractivity contribution in [1.82, 2.24) is 19.0 Å². The number of carbonyl (C=O) groups excluding carboxylic acids is 1. The van der Waals surface area contributed by atoms with Crippen molar-refractivity contribution < 1.29 is 13.9 Å². The van der Waals surface area contributed by atoms with Gasteiger partial charge in [0, 0.05) is 11.6 Å². The molecule has 2 rings (SSSR count). The maximum Gasteiger partial charge on any atom is 0.258 e. The zero-order valence-corrected chi connectivity index (χ0v) is 15.5. The number of amides is 1. The summed E-state index contributed by atoms with van der Waals surface area (Å²) in [5, 5.41) is 2.90. The maximum atomic E-state index is 13.3. The highest BCUT2D eigenvalue weighted by Crippen LogP contribution is 2.28. The Balaban J connectivity index is 1.84. The molecule has 0 aliphatic carbocycles. The molecule has 0 saturated heterocycles. The number of rotatable bonds is 9. The molecular weight excluding hydrogens is 343 g/mol. The number of carbonyl (C=O) groups is 1. The Hall–Kier alpha value is -2.06. The van der Waals surface area contributed by atoms with Crippen molar-refractivity contribution in [1.29, 1.82) is 0 Å². The molecule has 1 amide bonds. The molecule has 1 N–H and O–H groups in total. The van der Waals surface area contributed by atoms with Crippen LogP contribution in [0.5, 0.6) is 5.88 Å². The van der Waals surface area contributed by atoms with Gasteiger partial charge in [0.2, 0.25) is 0 Å². The summed E-state index contributed by atoms with van der Waals surface area (Å²) in [5.74, 6) is -0.331. The van der Waals surface area contributed by atoms with Crippen LogP contribution in [0.4, 0.5) is 4.39 Å². The van der Waals surface area contributed by atoms with Crippen molar-refractivity contribution in [3.63, 3.8) is 0 Å². The second-order valence-electron chi connectivity index (χ2n) is 6.13. The average molecular weight is 366 g/mol. The minimum Gasteiger partial charge on any atom is -0.465 e. The summed E-state index contributed by atoms with van der Waals surface area (Å²) in [6.07, 6.45) is 1.91. The third-order valence-electron chi connectivity index (χ3n) is 3.55. The van der Waals surface area contributed by atoms with Gasteiger partial charge in [0.1, 0.15) is 11.5 Å². The number of hydrogen-bond donors (Lipinski definition) is 1. The standard InChI is InChI=1S/C17H23FN4O2S/c1-12(6-5-9-22(2)3)19-15(23)11-24-17-16(20-25-21-17)13-7-4-8-14(18)10-13/h4,7-8,10,12H,5-6,9,11H2,1-3H3,(H,19,23). The van der Waals surface area contributed by atoms with E-state index in [0.717, 1.165) is 31.1 Å². The lowest BCUT2D eigenvalue weighted by Crippen LogP contribution is -2.36. The van der Waals surface area contributed by atoms with Gasteiger partial charge in [0.05, 0.1) is 11.7 Å². The van der Waals surface area contributed by atoms with Crippen LogP contribution in [-0.2, 0) is 4.79 Å². The van der Waals surface area contributed by atoms with Crippen LogP contribution in [0.3, 0.4) is 0 Å². The zero-order chi connectivity index (χ0) is 18.2. The Morgan fingerprint density at radius 1 is 1.40 bits per heavy atom. The van der Waals surface area contributed by atoms with E-state index in [1.165, 1.54) is 12.1 Å². The summed E-state index contributed by atoms with van der Waals surface area (Å²) < 4.78 is 27.0. The van der Waals surface area contributed by atoms with E-state index in [4.69, 9.17) is 4.74 Å². The molecule has 136 valence electrons. The second kappa shape index (κ2) is 9.43. The number of benzene rings is 1. The minimum atomic E-state index is -0.360. The first-order valence-corrected chi connectivity index (χ1v) is 8.84. The molecule has 2 aromatic rings. The van der Waals surface area contributed by atoms with E-state index >= 15 is 0 Å². The van der Waals surface area contributed by atoms with Gasteiger partial charge < -0.3 is 15.0 Å². The van der Waals surface area contributed by atoms with Gasteiger partial charge in [-0.05, 0) is 52.5 Å². The molecule has 0 aliphatic heterocycles. The first-order chi connectivity index (χ1) is 12.0. The lowest BCUT2D eigenvalue weighted by Gasteiger charge is -2.15. The minimum absolute atomic E-state index is 0.0762. The van der Waals surface area contributed by atoms with Crippen molar-refractivity contribution in [2.24, 2.45) is 0 Å². The SMILES string of the molecule is CC(CCCN(C)C)NC(=O)COc1nsnc1-c1cccc(F)c1. The van der Waals surface area contributed by atoms with Crippen LogP contribution >= 0.6 is 11.7 Å². The van der Waals surface area contributed by atoms with Gasteiger partial charge in [-0.3, -0.25) is 4.79 Å². The molecule has 1 heterocycles. The molecule has 8 heteroatoms. The highest BCUT2D eigenvalue weighted by atomic mass is 32.1. The van der Waals surface area contributed by atoms with E-state index in [-0.39, 0.29) is 30.3 Å². The Morgan fingerprint density at radius 3 is 2.92 bits per heavy atom. The molecule has 1 aromatic heterocycles. The van der Waals surface area contributed by atoms with Crippen LogP contribution in [0.15, 0.2) is 24.3 Å². The Kier molecular flexibility index (Phi) is 7.27. The highest BCUT2D eigenvalue weighted by Gasteiger charge is 2.15. The number of halogens is 1. The van der Waals surface area contributed by atoms with E-state index in [0.29, 0.717) is 11.3 Å². The van der Waals surface area contributed by atoms with E-state index in [2.05, 4.69) is 19.0 Å². The number of nitrogens with zero attached hydrogens (tertiary/aromatic N) is 3. The van der Waals surface area contributed by atoms with Crippen LogP contribution in [0, 0.1) is 5.82 Å². The molecule has 6 nitrogen and oxygen atoms in total. The molecule has 1 atom stereocenters. The Labute approximate surface area is 151 Å². The maximum absolute atomic E-state index is 13.3. The normalized spacial score (nSPS) is 12.2. The molecule has 0 radical (unpaired) electrons. The van der Waals surface area contributed by atoms with Crippen LogP contribution in [0.2, 0.25) is 0 Å². The first-order valence-electron chi connectivity index (χ1n) is 8.11. The van der Waals surface area contributed by atoms with Gasteiger partial charge in [-0.1, -0.05) is 12.1 Å². The van der Waals surface area contributed by atoms with Gasteiger partial charge in [-0.25, -0.2) is 4.39 Å². The number of hydrogen-bond acceptors (Lipinski definition) is 6. The summed E-state index contributed by atoms with van der Waals surface area (Å²) in [6.45, 7) is 2.81. The third kappa shape index (κ3) is 6.39. The fourth-order valence-electron chi connectivity index (χ4n) is 2.32. The fraction of sp³-hybridized carbons (Fsp3) is 0.471. The average Bonchev–Trinajstić information content (AvgIpc) is 3.01. The summed E-state index contributed by atoms with van der Waals surface area (Å²) >= 11 is 0.962. The molecule has 0 fully saturated rings. The largest absolute Gasteiger partial charge is 0.465 e. The smallest absolute Gasteiger partial charge is 0.258 e. The predicted molar refractivity (Wildman–Crippen MR) is 96.2 cm³/mol. The van der Waals surface area contributed by atoms with Crippen LogP contribution in [-0.4, -0.2) is 52.8 Å². The molecule has 25 heavy (non-hydrogen) atoms. The van der Waals surface area contributed by atoms with Gasteiger partial charge >= 0.3 is 0 Å². The molecule has 0 spiro atoms. The predicted octanol–water partition coefficient (Wildman–Crippen LogP) is 2.57. The monoisotopic (exact) mass is 366 g/mol. The number of aromatic nitrogens is 2. The zero-order valence-electron chi connectivity index (χ0n) is 14.7. The van der Waals surface area contributed by atoms with Crippen LogP contribution in [0.1, 0.15) is 19.8 Å². The van der Waals surface area contributed by atoms with Gasteiger partial charge in [-0.2, -0.15) is 4.37 Å². The molecule has 0 saturated carbocycles. The van der Waals surface area contributed by atoms with Gasteiger partial charge in [0.25, 0.3) is 11.8 Å². The van der Waals surface area contributed by atoms with Crippen LogP contribution < -0.4 is 10.1 Å². The van der Waals surface area contributed by atoms with Gasteiger partial charge in [-0.15, -0.1) is 4.37 Å². The summed E-state index contributed by atoms with van der Waals surface area (Å²) in [4.78, 5) is 14.1. The first kappa shape index (κ1) is 19.3. The van der Waals surface area contributed by atoms with Crippen molar-refractivity contribution in [3.05, 3.63) is 30.1 Å². The van der Waals surface area contributed by atoms with E-state index in [1.807, 2.05) is 21.0 Å². The van der Waals surface area contributed by atoms with Gasteiger partial charge in [0.15, 0.2) is 6.61 Å². The summed E-state index contributed by atoms with van der Waals surface area (Å²) in [6, 6.07) is 6.10. The molecule has 1 aromatic carbocycles. The quantitative estimate of drug-likeness (QED) is 0.739. The molecule has 0 aliphatic rings. The second-order valence-corrected chi connectivity index (χ2v) is 6.66. The molecule has 0 bridgehead atoms. The number of ether oxygens (including phenoxy) is 1. The third-order valence-corrected chi connectivity index (χ3v) is 4.06. The van der Waals surface area contributed by atoms with E-state index < -0.39 is 0 Å². The molecule has 1 unspecified atom stereocenters. The van der Waals surface area contributed by atoms with E-state index in [1.54, 1.807) is 12.1 Å². The number of nitrogens with one attached hydrogen (secondary N) is 1. The van der Waals surface area contributed by atoms with Crippen LogP contribution in [0.25, 0.3) is 11.3 Å². The molecular formula is C17H23FN4O2S. The van der Waals surface area contributed by atoms with Crippen molar-refractivity contribution in [2.75, 3.05) is 27.2 Å².